The first kappa shape index (κ1) is 20.0. The zero-order chi connectivity index (χ0) is 20.4. The summed E-state index contributed by atoms with van der Waals surface area (Å²) in [7, 11) is 1.42. The zero-order valence-corrected chi connectivity index (χ0v) is 17.8. The van der Waals surface area contributed by atoms with Gasteiger partial charge in [-0.25, -0.2) is 4.98 Å². The second-order valence-corrected chi connectivity index (χ2v) is 8.91. The Morgan fingerprint density at radius 3 is 2.66 bits per heavy atom. The van der Waals surface area contributed by atoms with Crippen LogP contribution in [0.25, 0.3) is 10.6 Å². The molecule has 1 aromatic heterocycles. The van der Waals surface area contributed by atoms with Gasteiger partial charge in [-0.1, -0.05) is 30.3 Å². The topological polar surface area (TPSA) is 62.7 Å². The smallest absolute Gasteiger partial charge is 0.311 e. The van der Waals surface area contributed by atoms with Crippen molar-refractivity contribution < 1.29 is 14.3 Å². The molecule has 0 radical (unpaired) electrons. The van der Waals surface area contributed by atoms with Gasteiger partial charge in [-0.05, 0) is 19.8 Å². The third kappa shape index (κ3) is 3.69. The normalized spacial score (nSPS) is 21.7. The number of carbonyl (C=O) groups is 2. The molecule has 1 spiro atoms. The lowest BCUT2D eigenvalue weighted by atomic mass is 9.76. The Balaban J connectivity index is 1.44. The molecule has 1 atom stereocenters. The van der Waals surface area contributed by atoms with E-state index in [1.807, 2.05) is 36.2 Å². The standard InChI is InChI=1S/C22H27N3O3S/c1-3-25-19(26)13-18(21(27)28-2)22(25)9-11-24(12-10-22)15-17-14-23-20(29-17)16-7-5-4-6-8-16/h4-8,14,18H,3,9-13,15H2,1-2H3. The predicted octanol–water partition coefficient (Wildman–Crippen LogP) is 3.19. The van der Waals surface area contributed by atoms with Gasteiger partial charge in [0, 0.05) is 49.2 Å². The number of piperidine rings is 1. The third-order valence-corrected chi connectivity index (χ3v) is 7.37. The van der Waals surface area contributed by atoms with E-state index >= 15 is 0 Å². The summed E-state index contributed by atoms with van der Waals surface area (Å²) >= 11 is 1.73. The number of hydrogen-bond acceptors (Lipinski definition) is 6. The Hall–Kier alpha value is -2.25. The van der Waals surface area contributed by atoms with Gasteiger partial charge in [0.25, 0.3) is 0 Å². The third-order valence-electron chi connectivity index (χ3n) is 6.34. The summed E-state index contributed by atoms with van der Waals surface area (Å²) in [5.41, 5.74) is 0.753. The number of carbonyl (C=O) groups excluding carboxylic acids is 2. The average molecular weight is 414 g/mol. The van der Waals surface area contributed by atoms with Crippen LogP contribution in [0.2, 0.25) is 0 Å². The summed E-state index contributed by atoms with van der Waals surface area (Å²) in [6.45, 7) is 5.20. The van der Waals surface area contributed by atoms with Crippen LogP contribution in [0.15, 0.2) is 36.5 Å². The van der Waals surface area contributed by atoms with Crippen LogP contribution in [-0.4, -0.2) is 58.9 Å². The molecule has 0 saturated carbocycles. The van der Waals surface area contributed by atoms with Gasteiger partial charge >= 0.3 is 5.97 Å². The van der Waals surface area contributed by atoms with E-state index in [2.05, 4.69) is 22.0 Å². The van der Waals surface area contributed by atoms with E-state index < -0.39 is 5.54 Å². The minimum absolute atomic E-state index is 0.0753. The second-order valence-electron chi connectivity index (χ2n) is 7.80. The first-order valence-corrected chi connectivity index (χ1v) is 11.0. The minimum atomic E-state index is -0.391. The van der Waals surface area contributed by atoms with Crippen LogP contribution in [0.1, 0.15) is 31.1 Å². The molecule has 4 rings (SSSR count). The Morgan fingerprint density at radius 2 is 2.00 bits per heavy atom. The van der Waals surface area contributed by atoms with Gasteiger partial charge in [0.05, 0.1) is 18.6 Å². The van der Waals surface area contributed by atoms with Crippen LogP contribution < -0.4 is 0 Å². The highest BCUT2D eigenvalue weighted by molar-refractivity contribution is 7.15. The summed E-state index contributed by atoms with van der Waals surface area (Å²) < 4.78 is 5.03. The highest BCUT2D eigenvalue weighted by Crippen LogP contribution is 2.44. The lowest BCUT2D eigenvalue weighted by Gasteiger charge is -2.46. The van der Waals surface area contributed by atoms with Crippen molar-refractivity contribution in [3.63, 3.8) is 0 Å². The molecule has 2 fully saturated rings. The molecule has 7 heteroatoms. The monoisotopic (exact) mass is 413 g/mol. The number of hydrogen-bond donors (Lipinski definition) is 0. The van der Waals surface area contributed by atoms with Crippen molar-refractivity contribution in [1.82, 2.24) is 14.8 Å². The summed E-state index contributed by atoms with van der Waals surface area (Å²) in [5, 5.41) is 1.04. The van der Waals surface area contributed by atoms with E-state index in [0.717, 1.165) is 43.0 Å². The number of thiazole rings is 1. The number of benzene rings is 1. The van der Waals surface area contributed by atoms with Crippen LogP contribution in [0, 0.1) is 5.92 Å². The average Bonchev–Trinajstić information content (AvgIpc) is 3.32. The van der Waals surface area contributed by atoms with Gasteiger partial charge in [0.1, 0.15) is 5.01 Å². The van der Waals surface area contributed by atoms with Crippen molar-refractivity contribution in [1.29, 1.82) is 0 Å². The molecule has 2 aromatic rings. The second kappa shape index (κ2) is 8.24. The fourth-order valence-corrected chi connectivity index (χ4v) is 5.84. The van der Waals surface area contributed by atoms with Gasteiger partial charge in [-0.15, -0.1) is 11.3 Å². The molecule has 0 bridgehead atoms. The predicted molar refractivity (Wildman–Crippen MR) is 112 cm³/mol. The number of rotatable bonds is 5. The lowest BCUT2D eigenvalue weighted by molar-refractivity contribution is -0.150. The fourth-order valence-electron chi connectivity index (χ4n) is 4.88. The molecule has 1 aromatic carbocycles. The number of likely N-dealkylation sites (tertiary alicyclic amines) is 2. The lowest BCUT2D eigenvalue weighted by Crippen LogP contribution is -2.57. The first-order chi connectivity index (χ1) is 14.1. The van der Waals surface area contributed by atoms with Gasteiger partial charge in [-0.3, -0.25) is 14.5 Å². The molecule has 154 valence electrons. The highest BCUT2D eigenvalue weighted by atomic mass is 32.1. The zero-order valence-electron chi connectivity index (χ0n) is 17.0. The van der Waals surface area contributed by atoms with Crippen molar-refractivity contribution in [2.24, 2.45) is 5.92 Å². The molecule has 1 unspecified atom stereocenters. The van der Waals surface area contributed by atoms with Crippen molar-refractivity contribution in [3.05, 3.63) is 41.4 Å². The van der Waals surface area contributed by atoms with Crippen molar-refractivity contribution in [2.75, 3.05) is 26.7 Å². The van der Waals surface area contributed by atoms with Crippen molar-refractivity contribution in [3.8, 4) is 10.6 Å². The first-order valence-electron chi connectivity index (χ1n) is 10.2. The number of aromatic nitrogens is 1. The van der Waals surface area contributed by atoms with E-state index in [4.69, 9.17) is 4.74 Å². The molecular formula is C22H27N3O3S. The maximum absolute atomic E-state index is 12.5. The van der Waals surface area contributed by atoms with Crippen molar-refractivity contribution in [2.45, 2.75) is 38.3 Å². The molecule has 2 saturated heterocycles. The molecule has 0 N–H and O–H groups in total. The van der Waals surface area contributed by atoms with Crippen LogP contribution in [0.5, 0.6) is 0 Å². The Kier molecular flexibility index (Phi) is 5.69. The van der Waals surface area contributed by atoms with E-state index in [1.54, 1.807) is 11.3 Å². The molecule has 6 nitrogen and oxygen atoms in total. The SMILES string of the molecule is CCN1C(=O)CC(C(=O)OC)C12CCN(Cc1cnc(-c3ccccc3)s1)CC2. The van der Waals surface area contributed by atoms with Gasteiger partial charge in [0.15, 0.2) is 0 Å². The van der Waals surface area contributed by atoms with Crippen LogP contribution in [0.3, 0.4) is 0 Å². The largest absolute Gasteiger partial charge is 0.469 e. The Labute approximate surface area is 175 Å². The number of nitrogens with zero attached hydrogens (tertiary/aromatic N) is 3. The van der Waals surface area contributed by atoms with Crippen LogP contribution >= 0.6 is 11.3 Å². The number of esters is 1. The maximum atomic E-state index is 12.5. The molecule has 29 heavy (non-hydrogen) atoms. The van der Waals surface area contributed by atoms with E-state index in [-0.39, 0.29) is 24.2 Å². The van der Waals surface area contributed by atoms with Gasteiger partial charge in [-0.2, -0.15) is 0 Å². The van der Waals surface area contributed by atoms with E-state index in [1.165, 1.54) is 12.0 Å². The Morgan fingerprint density at radius 1 is 1.28 bits per heavy atom. The fraction of sp³-hybridized carbons (Fsp3) is 0.500. The summed E-state index contributed by atoms with van der Waals surface area (Å²) in [5.74, 6) is -0.529. The molecule has 2 aliphatic heterocycles. The van der Waals surface area contributed by atoms with E-state index in [9.17, 15) is 9.59 Å². The quantitative estimate of drug-likeness (QED) is 0.705. The van der Waals surface area contributed by atoms with Crippen LogP contribution in [0.4, 0.5) is 0 Å². The van der Waals surface area contributed by atoms with Crippen LogP contribution in [-0.2, 0) is 20.9 Å². The van der Waals surface area contributed by atoms with Gasteiger partial charge < -0.3 is 9.64 Å². The molecule has 0 aliphatic carbocycles. The summed E-state index contributed by atoms with van der Waals surface area (Å²) in [6.07, 6.45) is 3.84. The van der Waals surface area contributed by atoms with E-state index in [0.29, 0.717) is 6.54 Å². The highest BCUT2D eigenvalue weighted by Gasteiger charge is 2.56. The summed E-state index contributed by atoms with van der Waals surface area (Å²) in [6, 6.07) is 10.2. The minimum Gasteiger partial charge on any atom is -0.469 e. The molecule has 3 heterocycles. The van der Waals surface area contributed by atoms with Crippen molar-refractivity contribution >= 4 is 23.2 Å². The molecular weight excluding hydrogens is 386 g/mol. The maximum Gasteiger partial charge on any atom is 0.311 e. The Bertz CT molecular complexity index is 872. The number of ether oxygens (including phenoxy) is 1. The van der Waals surface area contributed by atoms with Gasteiger partial charge in [0.2, 0.25) is 5.91 Å². The summed E-state index contributed by atoms with van der Waals surface area (Å²) in [4.78, 5) is 35.0. The molecule has 1 amide bonds. The number of methoxy groups -OCH3 is 1. The molecule has 2 aliphatic rings. The number of amides is 1.